The van der Waals surface area contributed by atoms with Gasteiger partial charge in [0.1, 0.15) is 11.5 Å². The number of anilines is 1. The highest BCUT2D eigenvalue weighted by atomic mass is 19.1. The van der Waals surface area contributed by atoms with Crippen LogP contribution in [0.2, 0.25) is 0 Å². The number of amides is 1. The van der Waals surface area contributed by atoms with E-state index in [4.69, 9.17) is 10.5 Å². The van der Waals surface area contributed by atoms with Crippen molar-refractivity contribution >= 4 is 11.6 Å². The van der Waals surface area contributed by atoms with Crippen LogP contribution in [0.1, 0.15) is 19.3 Å². The molecule has 1 aromatic heterocycles. The summed E-state index contributed by atoms with van der Waals surface area (Å²) in [4.78, 5) is 15.8. The van der Waals surface area contributed by atoms with Crippen LogP contribution in [-0.2, 0) is 4.79 Å². The van der Waals surface area contributed by atoms with E-state index in [1.54, 1.807) is 12.1 Å². The van der Waals surface area contributed by atoms with Gasteiger partial charge in [-0.05, 0) is 43.7 Å². The predicted molar refractivity (Wildman–Crippen MR) is 82.2 cm³/mol. The van der Waals surface area contributed by atoms with Gasteiger partial charge in [-0.3, -0.25) is 4.79 Å². The van der Waals surface area contributed by atoms with Gasteiger partial charge in [-0.15, -0.1) is 0 Å². The molecule has 122 valence electrons. The molecule has 0 radical (unpaired) electrons. The quantitative estimate of drug-likeness (QED) is 0.768. The average molecular weight is 321 g/mol. The largest absolute Gasteiger partial charge is 0.434 e. The number of unbranched alkanes of at least 4 members (excludes halogenated alkanes) is 1. The predicted octanol–water partition coefficient (Wildman–Crippen LogP) is 3.22. The maximum absolute atomic E-state index is 13.6. The third-order valence-electron chi connectivity index (χ3n) is 3.00. The molecule has 0 spiro atoms. The molecule has 0 aliphatic heterocycles. The molecule has 23 heavy (non-hydrogen) atoms. The first-order chi connectivity index (χ1) is 11.1. The van der Waals surface area contributed by atoms with E-state index in [1.165, 1.54) is 6.20 Å². The summed E-state index contributed by atoms with van der Waals surface area (Å²) in [5, 5.41) is 2.66. The lowest BCUT2D eigenvalue weighted by Crippen LogP contribution is -2.13. The fraction of sp³-hybridized carbons (Fsp3) is 0.250. The van der Waals surface area contributed by atoms with Crippen molar-refractivity contribution in [2.75, 3.05) is 11.9 Å². The van der Waals surface area contributed by atoms with Crippen molar-refractivity contribution in [3.8, 4) is 11.6 Å². The standard InChI is InChI=1S/C16H17F2N3O2/c17-11-6-7-14(12(18)10-11)23-16-13(4-3-9-20-16)21-15(22)5-1-2-8-19/h3-4,6-7,9-10H,1-2,5,8,19H2,(H,21,22). The number of carbonyl (C=O) groups is 1. The highest BCUT2D eigenvalue weighted by Gasteiger charge is 2.12. The van der Waals surface area contributed by atoms with E-state index in [0.29, 0.717) is 31.1 Å². The molecule has 0 unspecified atom stereocenters. The Hall–Kier alpha value is -2.54. The Morgan fingerprint density at radius 3 is 2.83 bits per heavy atom. The second-order valence-corrected chi connectivity index (χ2v) is 4.83. The lowest BCUT2D eigenvalue weighted by atomic mass is 10.2. The van der Waals surface area contributed by atoms with Crippen LogP contribution in [0, 0.1) is 11.6 Å². The SMILES string of the molecule is NCCCCC(=O)Nc1cccnc1Oc1ccc(F)cc1F. The minimum atomic E-state index is -0.851. The summed E-state index contributed by atoms with van der Waals surface area (Å²) in [6, 6.07) is 6.15. The third kappa shape index (κ3) is 5.00. The first-order valence-electron chi connectivity index (χ1n) is 7.18. The molecule has 1 aromatic carbocycles. The molecule has 0 fully saturated rings. The van der Waals surface area contributed by atoms with Crippen LogP contribution in [0.5, 0.6) is 11.6 Å². The summed E-state index contributed by atoms with van der Waals surface area (Å²) >= 11 is 0. The molecule has 3 N–H and O–H groups in total. The summed E-state index contributed by atoms with van der Waals surface area (Å²) < 4.78 is 31.9. The minimum absolute atomic E-state index is 0.0326. The summed E-state index contributed by atoms with van der Waals surface area (Å²) in [7, 11) is 0. The zero-order chi connectivity index (χ0) is 16.7. The topological polar surface area (TPSA) is 77.2 Å². The molecule has 0 saturated carbocycles. The Labute approximate surface area is 132 Å². The maximum Gasteiger partial charge on any atom is 0.243 e. The van der Waals surface area contributed by atoms with E-state index >= 15 is 0 Å². The van der Waals surface area contributed by atoms with Crippen LogP contribution in [0.4, 0.5) is 14.5 Å². The number of nitrogens with two attached hydrogens (primary N) is 1. The number of halogens is 2. The van der Waals surface area contributed by atoms with Crippen molar-refractivity contribution in [1.29, 1.82) is 0 Å². The van der Waals surface area contributed by atoms with Crippen LogP contribution in [0.25, 0.3) is 0 Å². The van der Waals surface area contributed by atoms with E-state index in [9.17, 15) is 13.6 Å². The number of nitrogens with one attached hydrogen (secondary N) is 1. The number of hydrogen-bond acceptors (Lipinski definition) is 4. The Morgan fingerprint density at radius 1 is 1.26 bits per heavy atom. The molecule has 0 saturated heterocycles. The second kappa shape index (κ2) is 8.19. The molecule has 1 heterocycles. The van der Waals surface area contributed by atoms with Crippen LogP contribution in [0.3, 0.4) is 0 Å². The number of nitrogens with zero attached hydrogens (tertiary/aromatic N) is 1. The van der Waals surface area contributed by atoms with Crippen molar-refractivity contribution < 1.29 is 18.3 Å². The first-order valence-corrected chi connectivity index (χ1v) is 7.18. The Kier molecular flexibility index (Phi) is 5.99. The highest BCUT2D eigenvalue weighted by molar-refractivity contribution is 5.91. The normalized spacial score (nSPS) is 10.4. The lowest BCUT2D eigenvalue weighted by molar-refractivity contribution is -0.116. The van der Waals surface area contributed by atoms with Crippen molar-refractivity contribution in [3.05, 3.63) is 48.2 Å². The smallest absolute Gasteiger partial charge is 0.243 e. The first kappa shape index (κ1) is 16.8. The van der Waals surface area contributed by atoms with E-state index in [2.05, 4.69) is 10.3 Å². The van der Waals surface area contributed by atoms with Gasteiger partial charge in [0.25, 0.3) is 0 Å². The van der Waals surface area contributed by atoms with Gasteiger partial charge in [0.15, 0.2) is 11.6 Å². The number of ether oxygens (including phenoxy) is 1. The zero-order valence-corrected chi connectivity index (χ0v) is 12.4. The van der Waals surface area contributed by atoms with E-state index in [1.807, 2.05) is 0 Å². The number of hydrogen-bond donors (Lipinski definition) is 2. The van der Waals surface area contributed by atoms with Crippen molar-refractivity contribution in [1.82, 2.24) is 4.98 Å². The molecule has 0 atom stereocenters. The average Bonchev–Trinajstić information content (AvgIpc) is 2.52. The molecular formula is C16H17F2N3O2. The molecule has 0 bridgehead atoms. The second-order valence-electron chi connectivity index (χ2n) is 4.83. The Balaban J connectivity index is 2.09. The maximum atomic E-state index is 13.6. The Morgan fingerprint density at radius 2 is 2.09 bits per heavy atom. The van der Waals surface area contributed by atoms with Gasteiger partial charge < -0.3 is 15.8 Å². The summed E-state index contributed by atoms with van der Waals surface area (Å²) in [5.74, 6) is -1.91. The van der Waals surface area contributed by atoms with Crippen molar-refractivity contribution in [2.24, 2.45) is 5.73 Å². The van der Waals surface area contributed by atoms with Crippen molar-refractivity contribution in [2.45, 2.75) is 19.3 Å². The molecule has 7 heteroatoms. The number of benzene rings is 1. The fourth-order valence-electron chi connectivity index (χ4n) is 1.87. The van der Waals surface area contributed by atoms with Gasteiger partial charge in [0, 0.05) is 18.7 Å². The molecule has 2 aromatic rings. The molecule has 2 rings (SSSR count). The van der Waals surface area contributed by atoms with Crippen LogP contribution < -0.4 is 15.8 Å². The van der Waals surface area contributed by atoms with Gasteiger partial charge in [0.2, 0.25) is 11.8 Å². The lowest BCUT2D eigenvalue weighted by Gasteiger charge is -2.11. The Bertz CT molecular complexity index is 680. The summed E-state index contributed by atoms with van der Waals surface area (Å²) in [5.41, 5.74) is 5.69. The van der Waals surface area contributed by atoms with Gasteiger partial charge in [-0.25, -0.2) is 13.8 Å². The zero-order valence-electron chi connectivity index (χ0n) is 12.4. The molecule has 5 nitrogen and oxygen atoms in total. The van der Waals surface area contributed by atoms with Crippen LogP contribution in [0.15, 0.2) is 36.5 Å². The monoisotopic (exact) mass is 321 g/mol. The molecule has 0 aliphatic rings. The summed E-state index contributed by atoms with van der Waals surface area (Å²) in [6.45, 7) is 0.526. The van der Waals surface area contributed by atoms with E-state index in [-0.39, 0.29) is 17.5 Å². The van der Waals surface area contributed by atoms with E-state index in [0.717, 1.165) is 18.6 Å². The van der Waals surface area contributed by atoms with Gasteiger partial charge in [0.05, 0.1) is 0 Å². The minimum Gasteiger partial charge on any atom is -0.434 e. The van der Waals surface area contributed by atoms with Crippen molar-refractivity contribution in [3.63, 3.8) is 0 Å². The fourth-order valence-corrected chi connectivity index (χ4v) is 1.87. The number of pyridine rings is 1. The van der Waals surface area contributed by atoms with E-state index < -0.39 is 11.6 Å². The molecular weight excluding hydrogens is 304 g/mol. The molecule has 1 amide bonds. The van der Waals surface area contributed by atoms with Crippen LogP contribution >= 0.6 is 0 Å². The number of aromatic nitrogens is 1. The molecule has 0 aliphatic carbocycles. The van der Waals surface area contributed by atoms with Gasteiger partial charge >= 0.3 is 0 Å². The number of carbonyl (C=O) groups excluding carboxylic acids is 1. The van der Waals surface area contributed by atoms with Crippen LogP contribution in [-0.4, -0.2) is 17.4 Å². The number of rotatable bonds is 7. The van der Waals surface area contributed by atoms with Gasteiger partial charge in [-0.2, -0.15) is 0 Å². The van der Waals surface area contributed by atoms with Gasteiger partial charge in [-0.1, -0.05) is 0 Å². The summed E-state index contributed by atoms with van der Waals surface area (Å²) in [6.07, 6.45) is 3.19. The highest BCUT2D eigenvalue weighted by Crippen LogP contribution is 2.29. The third-order valence-corrected chi connectivity index (χ3v) is 3.00.